The number of aromatic hydroxyl groups is 2. The third-order valence-electron chi connectivity index (χ3n) is 5.83. The highest BCUT2D eigenvalue weighted by atomic mass is 16.5. The maximum atomic E-state index is 13.0. The van der Waals surface area contributed by atoms with Gasteiger partial charge in [-0.3, -0.25) is 9.59 Å². The summed E-state index contributed by atoms with van der Waals surface area (Å²) in [5.41, 5.74) is 1.62. The molecule has 176 valence electrons. The van der Waals surface area contributed by atoms with E-state index in [0.29, 0.717) is 22.6 Å². The molecular formula is C29H24O6. The Hall–Kier alpha value is -4.58. The molecule has 6 heteroatoms. The van der Waals surface area contributed by atoms with Crippen LogP contribution in [-0.2, 0) is 6.42 Å². The first kappa shape index (κ1) is 23.6. The van der Waals surface area contributed by atoms with Crippen molar-refractivity contribution in [2.24, 2.45) is 0 Å². The molecule has 0 saturated heterocycles. The lowest BCUT2D eigenvalue weighted by atomic mass is 9.93. The van der Waals surface area contributed by atoms with Crippen molar-refractivity contribution in [1.82, 2.24) is 0 Å². The molecule has 0 aliphatic rings. The van der Waals surface area contributed by atoms with Crippen LogP contribution in [0.5, 0.6) is 23.0 Å². The van der Waals surface area contributed by atoms with E-state index in [1.807, 2.05) is 0 Å². The first-order valence-corrected chi connectivity index (χ1v) is 10.9. The second-order valence-electron chi connectivity index (χ2n) is 7.85. The topological polar surface area (TPSA) is 93.1 Å². The summed E-state index contributed by atoms with van der Waals surface area (Å²) in [6.45, 7) is 0. The third kappa shape index (κ3) is 4.59. The highest BCUT2D eigenvalue weighted by molar-refractivity contribution is 6.12. The molecule has 0 radical (unpaired) electrons. The Labute approximate surface area is 203 Å². The van der Waals surface area contributed by atoms with Gasteiger partial charge in [0.2, 0.25) is 0 Å². The molecule has 0 saturated carbocycles. The fraction of sp³-hybridized carbons (Fsp3) is 0.103. The lowest BCUT2D eigenvalue weighted by molar-refractivity contribution is 0.102. The molecule has 4 aromatic carbocycles. The van der Waals surface area contributed by atoms with Gasteiger partial charge in [-0.2, -0.15) is 0 Å². The molecule has 4 rings (SSSR count). The van der Waals surface area contributed by atoms with Crippen LogP contribution in [0.25, 0.3) is 0 Å². The summed E-state index contributed by atoms with van der Waals surface area (Å²) in [4.78, 5) is 26.1. The second-order valence-corrected chi connectivity index (χ2v) is 7.85. The van der Waals surface area contributed by atoms with Gasteiger partial charge in [-0.25, -0.2) is 0 Å². The molecule has 0 aromatic heterocycles. The summed E-state index contributed by atoms with van der Waals surface area (Å²) in [7, 11) is 2.90. The van der Waals surface area contributed by atoms with Gasteiger partial charge in [0, 0.05) is 28.7 Å². The molecule has 35 heavy (non-hydrogen) atoms. The van der Waals surface area contributed by atoms with Crippen molar-refractivity contribution in [2.75, 3.05) is 14.2 Å². The molecule has 0 atom stereocenters. The van der Waals surface area contributed by atoms with Crippen LogP contribution in [0.1, 0.15) is 43.0 Å². The third-order valence-corrected chi connectivity index (χ3v) is 5.83. The van der Waals surface area contributed by atoms with Crippen LogP contribution in [0.4, 0.5) is 0 Å². The van der Waals surface area contributed by atoms with Gasteiger partial charge in [0.25, 0.3) is 0 Å². The van der Waals surface area contributed by atoms with Crippen LogP contribution in [0.3, 0.4) is 0 Å². The van der Waals surface area contributed by atoms with E-state index in [9.17, 15) is 19.8 Å². The molecule has 0 aliphatic heterocycles. The minimum Gasteiger partial charge on any atom is -0.507 e. The Morgan fingerprint density at radius 1 is 0.600 bits per heavy atom. The Morgan fingerprint density at radius 3 is 1.31 bits per heavy atom. The summed E-state index contributed by atoms with van der Waals surface area (Å²) >= 11 is 0. The summed E-state index contributed by atoms with van der Waals surface area (Å²) in [6, 6.07) is 23.4. The van der Waals surface area contributed by atoms with E-state index in [2.05, 4.69) is 0 Å². The van der Waals surface area contributed by atoms with E-state index >= 15 is 0 Å². The molecule has 2 N–H and O–H groups in total. The Morgan fingerprint density at radius 2 is 0.971 bits per heavy atom. The fourth-order valence-electron chi connectivity index (χ4n) is 3.99. The molecule has 0 amide bonds. The number of benzene rings is 4. The number of phenols is 2. The quantitative estimate of drug-likeness (QED) is 0.347. The first-order chi connectivity index (χ1) is 17.0. The monoisotopic (exact) mass is 468 g/mol. The predicted molar refractivity (Wildman–Crippen MR) is 132 cm³/mol. The van der Waals surface area contributed by atoms with E-state index < -0.39 is 0 Å². The summed E-state index contributed by atoms with van der Waals surface area (Å²) in [6.07, 6.45) is -0.0458. The van der Waals surface area contributed by atoms with Gasteiger partial charge in [0.15, 0.2) is 11.6 Å². The van der Waals surface area contributed by atoms with Gasteiger partial charge >= 0.3 is 0 Å². The Bertz CT molecular complexity index is 1270. The van der Waals surface area contributed by atoms with Gasteiger partial charge in [-0.1, -0.05) is 60.7 Å². The van der Waals surface area contributed by atoms with E-state index in [4.69, 9.17) is 9.47 Å². The number of phenolic OH excluding ortho intramolecular Hbond substituents is 2. The van der Waals surface area contributed by atoms with Crippen molar-refractivity contribution in [1.29, 1.82) is 0 Å². The van der Waals surface area contributed by atoms with Gasteiger partial charge in [0.1, 0.15) is 23.0 Å². The second kappa shape index (κ2) is 10.1. The number of methoxy groups -OCH3 is 2. The van der Waals surface area contributed by atoms with Crippen molar-refractivity contribution < 1.29 is 29.3 Å². The normalized spacial score (nSPS) is 10.6. The number of hydrogen-bond donors (Lipinski definition) is 2. The Kier molecular flexibility index (Phi) is 6.83. The van der Waals surface area contributed by atoms with Crippen LogP contribution in [-0.4, -0.2) is 36.0 Å². The lowest BCUT2D eigenvalue weighted by Gasteiger charge is -2.17. The zero-order valence-corrected chi connectivity index (χ0v) is 19.3. The van der Waals surface area contributed by atoms with Gasteiger partial charge in [-0.15, -0.1) is 0 Å². The van der Waals surface area contributed by atoms with E-state index in [1.54, 1.807) is 72.8 Å². The summed E-state index contributed by atoms with van der Waals surface area (Å²) in [5, 5.41) is 22.2. The molecule has 0 aliphatic carbocycles. The lowest BCUT2D eigenvalue weighted by Crippen LogP contribution is -2.07. The number of ketones is 2. The maximum absolute atomic E-state index is 13.0. The highest BCUT2D eigenvalue weighted by Gasteiger charge is 2.24. The number of ether oxygens (including phenoxy) is 2. The minimum absolute atomic E-state index is 0.0458. The molecule has 0 bridgehead atoms. The molecule has 0 fully saturated rings. The maximum Gasteiger partial charge on any atom is 0.196 e. The molecule has 0 heterocycles. The van der Waals surface area contributed by atoms with E-state index in [-0.39, 0.29) is 51.7 Å². The predicted octanol–water partition coefficient (Wildman–Crippen LogP) is 5.17. The van der Waals surface area contributed by atoms with Gasteiger partial charge in [0.05, 0.1) is 25.3 Å². The van der Waals surface area contributed by atoms with Crippen molar-refractivity contribution >= 4 is 11.6 Å². The zero-order chi connectivity index (χ0) is 24.9. The molecule has 4 aromatic rings. The standard InChI is InChI=1S/C29H24O6/c1-34-24-15-13-20(26(30)18-9-5-3-6-10-18)28(32)22(24)17-23-25(35-2)16-14-21(29(23)33)27(31)19-11-7-4-8-12-19/h3-16,32-33H,17H2,1-2H3. The minimum atomic E-state index is -0.351. The van der Waals surface area contributed by atoms with Crippen LogP contribution < -0.4 is 9.47 Å². The van der Waals surface area contributed by atoms with E-state index in [1.165, 1.54) is 26.4 Å². The number of carbonyl (C=O) groups is 2. The largest absolute Gasteiger partial charge is 0.507 e. The summed E-state index contributed by atoms with van der Waals surface area (Å²) in [5.74, 6) is -0.576. The van der Waals surface area contributed by atoms with Crippen molar-refractivity contribution in [3.05, 3.63) is 118 Å². The average molecular weight is 469 g/mol. The van der Waals surface area contributed by atoms with Crippen LogP contribution in [0.15, 0.2) is 84.9 Å². The number of hydrogen-bond acceptors (Lipinski definition) is 6. The Balaban J connectivity index is 1.81. The van der Waals surface area contributed by atoms with Crippen LogP contribution in [0, 0.1) is 0 Å². The van der Waals surface area contributed by atoms with Crippen molar-refractivity contribution in [3.8, 4) is 23.0 Å². The molecular weight excluding hydrogens is 444 g/mol. The molecule has 0 unspecified atom stereocenters. The van der Waals surface area contributed by atoms with Gasteiger partial charge in [-0.05, 0) is 24.3 Å². The zero-order valence-electron chi connectivity index (χ0n) is 19.3. The van der Waals surface area contributed by atoms with Gasteiger partial charge < -0.3 is 19.7 Å². The van der Waals surface area contributed by atoms with Crippen molar-refractivity contribution in [3.63, 3.8) is 0 Å². The smallest absolute Gasteiger partial charge is 0.196 e. The highest BCUT2D eigenvalue weighted by Crippen LogP contribution is 2.40. The van der Waals surface area contributed by atoms with Crippen LogP contribution >= 0.6 is 0 Å². The fourth-order valence-corrected chi connectivity index (χ4v) is 3.99. The van der Waals surface area contributed by atoms with Crippen molar-refractivity contribution in [2.45, 2.75) is 6.42 Å². The number of carbonyl (C=O) groups excluding carboxylic acids is 2. The van der Waals surface area contributed by atoms with Crippen LogP contribution in [0.2, 0.25) is 0 Å². The molecule has 6 nitrogen and oxygen atoms in total. The summed E-state index contributed by atoms with van der Waals surface area (Å²) < 4.78 is 10.9. The SMILES string of the molecule is COc1ccc(C(=O)c2ccccc2)c(O)c1Cc1c(OC)ccc(C(=O)c2ccccc2)c1O. The average Bonchev–Trinajstić information content (AvgIpc) is 2.90. The first-order valence-electron chi connectivity index (χ1n) is 10.9. The van der Waals surface area contributed by atoms with E-state index in [0.717, 1.165) is 0 Å². The number of rotatable bonds is 8. The molecule has 0 spiro atoms.